The van der Waals surface area contributed by atoms with Gasteiger partial charge in [-0.05, 0) is 0 Å². The number of hydrogen-bond acceptors (Lipinski definition) is 1. The summed E-state index contributed by atoms with van der Waals surface area (Å²) in [6.45, 7) is 6.76. The van der Waals surface area contributed by atoms with Crippen LogP contribution in [0.15, 0.2) is 0 Å². The summed E-state index contributed by atoms with van der Waals surface area (Å²) in [5.74, 6) is 2.78. The Morgan fingerprint density at radius 3 is 1.59 bits per heavy atom. The molecule has 0 amide bonds. The summed E-state index contributed by atoms with van der Waals surface area (Å²) in [4.78, 5) is 10.5. The molecule has 0 atom stereocenters. The van der Waals surface area contributed by atoms with Gasteiger partial charge >= 0.3 is 112 Å². The van der Waals surface area contributed by atoms with E-state index in [9.17, 15) is 4.79 Å². The molecule has 2 heteroatoms. The van der Waals surface area contributed by atoms with Crippen molar-refractivity contribution in [2.45, 2.75) is 72.6 Å². The zero-order valence-corrected chi connectivity index (χ0v) is 14.7. The van der Waals surface area contributed by atoms with Crippen molar-refractivity contribution in [3.05, 3.63) is 0 Å². The molecule has 0 aromatic rings. The fraction of sp³-hybridized carbons (Fsp3) is 0.800. The van der Waals surface area contributed by atoms with E-state index in [1.165, 1.54) is 51.8 Å². The second-order valence-electron chi connectivity index (χ2n) is 4.98. The van der Waals surface area contributed by atoms with Crippen LogP contribution in [-0.4, -0.2) is 24.7 Å². The molecule has 0 aliphatic carbocycles. The van der Waals surface area contributed by atoms with Gasteiger partial charge in [0.2, 0.25) is 0 Å². The van der Waals surface area contributed by atoms with Gasteiger partial charge in [-0.15, -0.1) is 0 Å². The predicted molar refractivity (Wildman–Crippen MR) is 78.7 cm³/mol. The fourth-order valence-electron chi connectivity index (χ4n) is 2.29. The summed E-state index contributed by atoms with van der Waals surface area (Å²) in [6, 6.07) is 0. The third kappa shape index (κ3) is 7.86. The van der Waals surface area contributed by atoms with E-state index in [0.717, 1.165) is 6.29 Å². The number of carbonyl (C=O) groups excluding carboxylic acids is 1. The van der Waals surface area contributed by atoms with Crippen LogP contribution in [0.1, 0.15) is 59.3 Å². The van der Waals surface area contributed by atoms with E-state index in [0.29, 0.717) is 0 Å². The summed E-state index contributed by atoms with van der Waals surface area (Å²) in [6.07, 6.45) is 8.54. The number of aldehydes is 1. The van der Waals surface area contributed by atoms with Gasteiger partial charge in [-0.1, -0.05) is 0 Å². The van der Waals surface area contributed by atoms with Gasteiger partial charge in [0.1, 0.15) is 0 Å². The van der Waals surface area contributed by atoms with Gasteiger partial charge in [-0.25, -0.2) is 0 Å². The van der Waals surface area contributed by atoms with Crippen molar-refractivity contribution in [1.29, 1.82) is 0 Å². The molecule has 0 aliphatic rings. The molecular weight excluding hydrogens is 315 g/mol. The van der Waals surface area contributed by atoms with E-state index < -0.39 is 18.4 Å². The molecule has 0 heterocycles. The van der Waals surface area contributed by atoms with Crippen molar-refractivity contribution in [2.75, 3.05) is 0 Å². The molecule has 0 bridgehead atoms. The minimum atomic E-state index is -2.28. The second-order valence-corrected chi connectivity index (χ2v) is 17.3. The summed E-state index contributed by atoms with van der Waals surface area (Å²) < 4.78 is 7.58. The van der Waals surface area contributed by atoms with Crippen LogP contribution in [0, 0.1) is 9.86 Å². The van der Waals surface area contributed by atoms with E-state index in [2.05, 4.69) is 30.6 Å². The average Bonchev–Trinajstić information content (AvgIpc) is 2.37. The van der Waals surface area contributed by atoms with Gasteiger partial charge in [0, 0.05) is 0 Å². The first-order valence-corrected chi connectivity index (χ1v) is 14.7. The minimum absolute atomic E-state index is 0.801. The molecule has 17 heavy (non-hydrogen) atoms. The average molecular weight is 343 g/mol. The topological polar surface area (TPSA) is 17.1 Å². The first-order valence-electron chi connectivity index (χ1n) is 7.21. The van der Waals surface area contributed by atoms with Crippen LogP contribution in [0.3, 0.4) is 0 Å². The maximum atomic E-state index is 10.5. The Bertz CT molecular complexity index is 228. The van der Waals surface area contributed by atoms with Gasteiger partial charge in [0.15, 0.2) is 0 Å². The van der Waals surface area contributed by atoms with Crippen LogP contribution >= 0.6 is 0 Å². The molecule has 0 saturated carbocycles. The number of unbranched alkanes of at least 4 members (excludes halogenated alkanes) is 3. The van der Waals surface area contributed by atoms with Crippen LogP contribution in [-0.2, 0) is 4.79 Å². The first-order chi connectivity index (χ1) is 8.24. The van der Waals surface area contributed by atoms with E-state index in [1.54, 1.807) is 0 Å². The van der Waals surface area contributed by atoms with Crippen molar-refractivity contribution in [1.82, 2.24) is 0 Å². The monoisotopic (exact) mass is 344 g/mol. The Kier molecular flexibility index (Phi) is 11.2. The molecule has 0 aromatic heterocycles. The zero-order chi connectivity index (χ0) is 13.0. The van der Waals surface area contributed by atoms with Gasteiger partial charge in [-0.3, -0.25) is 0 Å². The number of rotatable bonds is 9. The number of carbonyl (C=O) groups is 1. The van der Waals surface area contributed by atoms with Crippen LogP contribution in [0.25, 0.3) is 0 Å². The van der Waals surface area contributed by atoms with Crippen molar-refractivity contribution < 1.29 is 4.79 Å². The third-order valence-corrected chi connectivity index (χ3v) is 16.6. The molecule has 0 unspecified atom stereocenters. The SMILES string of the molecule is CCC[CH2][Sn]([C]#CC=O)([CH2]CCC)[CH2]CCC. The molecule has 0 radical (unpaired) electrons. The molecule has 0 spiro atoms. The van der Waals surface area contributed by atoms with Crippen LogP contribution in [0.5, 0.6) is 0 Å². The molecule has 1 nitrogen and oxygen atoms in total. The Hall–Kier alpha value is 0.0287. The normalized spacial score (nSPS) is 10.8. The fourth-order valence-corrected chi connectivity index (χ4v) is 15.4. The third-order valence-electron chi connectivity index (χ3n) is 3.42. The van der Waals surface area contributed by atoms with E-state index in [1.807, 2.05) is 0 Å². The van der Waals surface area contributed by atoms with Crippen molar-refractivity contribution in [2.24, 2.45) is 0 Å². The summed E-state index contributed by atoms with van der Waals surface area (Å²) in [5.41, 5.74) is 0. The zero-order valence-electron chi connectivity index (χ0n) is 11.8. The van der Waals surface area contributed by atoms with Crippen molar-refractivity contribution in [3.63, 3.8) is 0 Å². The van der Waals surface area contributed by atoms with Crippen molar-refractivity contribution in [3.8, 4) is 9.86 Å². The Morgan fingerprint density at radius 2 is 1.29 bits per heavy atom. The maximum absolute atomic E-state index is 10.5. The molecule has 0 aromatic carbocycles. The molecule has 0 aliphatic heterocycles. The van der Waals surface area contributed by atoms with Gasteiger partial charge < -0.3 is 0 Å². The Balaban J connectivity index is 4.69. The van der Waals surface area contributed by atoms with Crippen LogP contribution < -0.4 is 0 Å². The summed E-state index contributed by atoms with van der Waals surface area (Å²) >= 11 is -2.28. The standard InChI is InChI=1S/3C4H9.C3HO.Sn/c3*1-3-4-2;1-2-3-4;/h3*1,3-4H2,2H3;3H;. The molecule has 0 rings (SSSR count). The van der Waals surface area contributed by atoms with E-state index >= 15 is 0 Å². The molecule has 0 saturated heterocycles. The predicted octanol–water partition coefficient (Wildman–Crippen LogP) is 4.58. The Morgan fingerprint density at radius 1 is 0.882 bits per heavy atom. The van der Waals surface area contributed by atoms with Crippen molar-refractivity contribution >= 4 is 24.7 Å². The van der Waals surface area contributed by atoms with Crippen LogP contribution in [0.2, 0.25) is 13.3 Å². The van der Waals surface area contributed by atoms with E-state index in [-0.39, 0.29) is 0 Å². The van der Waals surface area contributed by atoms with E-state index in [4.69, 9.17) is 0 Å². The van der Waals surface area contributed by atoms with Gasteiger partial charge in [0.05, 0.1) is 0 Å². The summed E-state index contributed by atoms with van der Waals surface area (Å²) in [7, 11) is 0. The molecule has 98 valence electrons. The number of hydrogen-bond donors (Lipinski definition) is 0. The Labute approximate surface area is 112 Å². The second kappa shape index (κ2) is 11.1. The van der Waals surface area contributed by atoms with Crippen LogP contribution in [0.4, 0.5) is 0 Å². The first kappa shape index (κ1) is 17.0. The quantitative estimate of drug-likeness (QED) is 0.340. The summed E-state index contributed by atoms with van der Waals surface area (Å²) in [5, 5.41) is 0. The molecular formula is C15H28OSn. The van der Waals surface area contributed by atoms with Gasteiger partial charge in [-0.2, -0.15) is 0 Å². The molecule has 0 fully saturated rings. The molecule has 0 N–H and O–H groups in total. The van der Waals surface area contributed by atoms with Gasteiger partial charge in [0.25, 0.3) is 0 Å².